The number of rotatable bonds is 3. The van der Waals surface area contributed by atoms with Crippen molar-refractivity contribution in [3.63, 3.8) is 0 Å². The van der Waals surface area contributed by atoms with Gasteiger partial charge in [-0.2, -0.15) is 0 Å². The predicted molar refractivity (Wildman–Crippen MR) is 104 cm³/mol. The Morgan fingerprint density at radius 1 is 0.960 bits per heavy atom. The number of carbonyl (C=O) groups excluding carboxylic acids is 1. The highest BCUT2D eigenvalue weighted by atomic mass is 16.2. The zero-order chi connectivity index (χ0) is 18.0. The molecule has 25 heavy (non-hydrogen) atoms. The molecule has 2 aromatic rings. The molecule has 1 aliphatic heterocycles. The van der Waals surface area contributed by atoms with E-state index in [9.17, 15) is 4.79 Å². The summed E-state index contributed by atoms with van der Waals surface area (Å²) in [7, 11) is 0. The van der Waals surface area contributed by atoms with E-state index in [-0.39, 0.29) is 24.2 Å². The largest absolute Gasteiger partial charge is 0.325 e. The Labute approximate surface area is 149 Å². The summed E-state index contributed by atoms with van der Waals surface area (Å²) in [6.45, 7) is 8.22. The minimum Gasteiger partial charge on any atom is -0.319 e. The van der Waals surface area contributed by atoms with Gasteiger partial charge in [0.15, 0.2) is 0 Å². The minimum atomic E-state index is -0.205. The normalized spacial score (nSPS) is 16.2. The van der Waals surface area contributed by atoms with Gasteiger partial charge in [-0.25, -0.2) is 4.79 Å². The Bertz CT molecular complexity index is 760. The quantitative estimate of drug-likeness (QED) is 0.760. The Morgan fingerprint density at radius 3 is 2.20 bits per heavy atom. The molecule has 1 unspecified atom stereocenters. The molecule has 0 saturated carbocycles. The highest BCUT2D eigenvalue weighted by molar-refractivity contribution is 6.02. The molecule has 0 N–H and O–H groups in total. The lowest BCUT2D eigenvalue weighted by Gasteiger charge is -2.40. The second kappa shape index (κ2) is 7.09. The first-order chi connectivity index (χ1) is 12.0. The van der Waals surface area contributed by atoms with Gasteiger partial charge in [0.25, 0.3) is 0 Å². The lowest BCUT2D eigenvalue weighted by Crippen LogP contribution is -2.51. The lowest BCUT2D eigenvalue weighted by molar-refractivity contribution is 0.170. The highest BCUT2D eigenvalue weighted by Gasteiger charge is 2.34. The summed E-state index contributed by atoms with van der Waals surface area (Å²) in [5.74, 6) is 0. The van der Waals surface area contributed by atoms with Crippen LogP contribution in [0.15, 0.2) is 59.6 Å². The fourth-order valence-corrected chi connectivity index (χ4v) is 3.41. The van der Waals surface area contributed by atoms with E-state index in [1.165, 1.54) is 0 Å². The van der Waals surface area contributed by atoms with Crippen LogP contribution in [0.25, 0.3) is 0 Å². The van der Waals surface area contributed by atoms with Crippen LogP contribution in [0, 0.1) is 0 Å². The van der Waals surface area contributed by atoms with Crippen molar-refractivity contribution in [1.29, 1.82) is 0 Å². The Kier molecular flexibility index (Phi) is 4.88. The maximum Gasteiger partial charge on any atom is 0.325 e. The first-order valence-electron chi connectivity index (χ1n) is 8.80. The molecule has 4 heteroatoms. The number of anilines is 1. The molecular formula is C21H25N3O. The predicted octanol–water partition coefficient (Wildman–Crippen LogP) is 5.19. The molecule has 2 aromatic carbocycles. The van der Waals surface area contributed by atoms with Crippen LogP contribution in [-0.2, 0) is 0 Å². The maximum atomic E-state index is 13.5. The third-order valence-corrected chi connectivity index (χ3v) is 4.46. The van der Waals surface area contributed by atoms with E-state index in [1.54, 1.807) is 0 Å². The number of urea groups is 1. The van der Waals surface area contributed by atoms with Crippen LogP contribution in [-0.4, -0.2) is 29.2 Å². The third-order valence-electron chi connectivity index (χ3n) is 4.46. The van der Waals surface area contributed by atoms with Crippen LogP contribution >= 0.6 is 0 Å². The van der Waals surface area contributed by atoms with Crippen LogP contribution in [0.3, 0.4) is 0 Å². The summed E-state index contributed by atoms with van der Waals surface area (Å²) in [5.41, 5.74) is 2.74. The summed E-state index contributed by atoms with van der Waals surface area (Å²) in [6, 6.07) is 17.9. The molecule has 0 spiro atoms. The van der Waals surface area contributed by atoms with Crippen molar-refractivity contribution in [2.24, 2.45) is 4.99 Å². The first kappa shape index (κ1) is 17.2. The van der Waals surface area contributed by atoms with Gasteiger partial charge in [-0.15, -0.1) is 0 Å². The van der Waals surface area contributed by atoms with Crippen LogP contribution in [0.2, 0.25) is 0 Å². The molecule has 0 fully saturated rings. The fraction of sp³-hybridized carbons (Fsp3) is 0.333. The summed E-state index contributed by atoms with van der Waals surface area (Å²) in [5, 5.41) is 0. The molecule has 1 atom stereocenters. The van der Waals surface area contributed by atoms with Crippen LogP contribution in [0.5, 0.6) is 0 Å². The number of carbonyl (C=O) groups is 1. The van der Waals surface area contributed by atoms with Gasteiger partial charge in [-0.3, -0.25) is 9.89 Å². The van der Waals surface area contributed by atoms with E-state index in [2.05, 4.69) is 32.7 Å². The van der Waals surface area contributed by atoms with Gasteiger partial charge in [0.1, 0.15) is 0 Å². The van der Waals surface area contributed by atoms with Crippen molar-refractivity contribution in [2.75, 3.05) is 4.90 Å². The van der Waals surface area contributed by atoms with E-state index < -0.39 is 0 Å². The van der Waals surface area contributed by atoms with Gasteiger partial charge in [-0.1, -0.05) is 42.5 Å². The molecular weight excluding hydrogens is 310 g/mol. The molecule has 3 rings (SSSR count). The van der Waals surface area contributed by atoms with Crippen molar-refractivity contribution >= 4 is 23.6 Å². The number of hydrogen-bond donors (Lipinski definition) is 0. The third kappa shape index (κ3) is 3.29. The average Bonchev–Trinajstić information content (AvgIpc) is 2.60. The smallest absolute Gasteiger partial charge is 0.319 e. The number of hydrogen-bond acceptors (Lipinski definition) is 2. The molecule has 2 amide bonds. The highest BCUT2D eigenvalue weighted by Crippen LogP contribution is 2.39. The standard InChI is InChI=1S/C21H25N3O/c1-15(2)23(16(3)4)21(25)24-19-13-9-8-12-18(19)22-14-20(24)17-10-6-5-7-11-17/h5-16,20H,1-4H3. The van der Waals surface area contributed by atoms with E-state index in [0.717, 1.165) is 16.9 Å². The van der Waals surface area contributed by atoms with Crippen molar-refractivity contribution in [3.8, 4) is 0 Å². The molecule has 1 heterocycles. The van der Waals surface area contributed by atoms with Crippen molar-refractivity contribution < 1.29 is 4.79 Å². The van der Waals surface area contributed by atoms with Gasteiger partial charge in [-0.05, 0) is 45.4 Å². The molecule has 1 aliphatic rings. The number of fused-ring (bicyclic) bond motifs is 1. The first-order valence-corrected chi connectivity index (χ1v) is 8.80. The number of benzene rings is 2. The second-order valence-electron chi connectivity index (χ2n) is 6.87. The number of nitrogens with zero attached hydrogens (tertiary/aromatic N) is 3. The van der Waals surface area contributed by atoms with Crippen LogP contribution < -0.4 is 4.90 Å². The SMILES string of the molecule is CC(C)N(C(=O)N1c2ccccc2N=CC1c1ccccc1)C(C)C. The van der Waals surface area contributed by atoms with Gasteiger partial charge >= 0.3 is 6.03 Å². The van der Waals surface area contributed by atoms with E-state index in [0.29, 0.717) is 0 Å². The topological polar surface area (TPSA) is 35.9 Å². The average molecular weight is 335 g/mol. The lowest BCUT2D eigenvalue weighted by atomic mass is 10.0. The van der Waals surface area contributed by atoms with E-state index in [4.69, 9.17) is 0 Å². The summed E-state index contributed by atoms with van der Waals surface area (Å²) < 4.78 is 0. The zero-order valence-electron chi connectivity index (χ0n) is 15.3. The van der Waals surface area contributed by atoms with E-state index >= 15 is 0 Å². The van der Waals surface area contributed by atoms with Gasteiger partial charge in [0.2, 0.25) is 0 Å². The minimum absolute atomic E-state index is 0.0115. The van der Waals surface area contributed by atoms with Crippen molar-refractivity contribution in [2.45, 2.75) is 45.8 Å². The molecule has 0 bridgehead atoms. The molecule has 4 nitrogen and oxygen atoms in total. The Balaban J connectivity index is 2.10. The Morgan fingerprint density at radius 2 is 1.56 bits per heavy atom. The van der Waals surface area contributed by atoms with Crippen molar-refractivity contribution in [1.82, 2.24) is 4.90 Å². The molecule has 130 valence electrons. The van der Waals surface area contributed by atoms with Gasteiger partial charge in [0, 0.05) is 18.3 Å². The van der Waals surface area contributed by atoms with Gasteiger partial charge < -0.3 is 4.90 Å². The Hall–Kier alpha value is -2.62. The summed E-state index contributed by atoms with van der Waals surface area (Å²) in [4.78, 5) is 21.9. The molecule has 0 saturated heterocycles. The van der Waals surface area contributed by atoms with Crippen LogP contribution in [0.4, 0.5) is 16.2 Å². The molecule has 0 aromatic heterocycles. The number of para-hydroxylation sites is 2. The number of amides is 2. The fourth-order valence-electron chi connectivity index (χ4n) is 3.41. The second-order valence-corrected chi connectivity index (χ2v) is 6.87. The summed E-state index contributed by atoms with van der Waals surface area (Å²) in [6.07, 6.45) is 1.87. The maximum absolute atomic E-state index is 13.5. The summed E-state index contributed by atoms with van der Waals surface area (Å²) >= 11 is 0. The number of aliphatic imine (C=N–C) groups is 1. The van der Waals surface area contributed by atoms with Crippen LogP contribution in [0.1, 0.15) is 39.3 Å². The van der Waals surface area contributed by atoms with Gasteiger partial charge in [0.05, 0.1) is 17.4 Å². The monoisotopic (exact) mass is 335 g/mol. The van der Waals surface area contributed by atoms with E-state index in [1.807, 2.05) is 70.6 Å². The molecule has 0 aliphatic carbocycles. The molecule has 0 radical (unpaired) electrons. The van der Waals surface area contributed by atoms with Crippen molar-refractivity contribution in [3.05, 3.63) is 60.2 Å². The zero-order valence-corrected chi connectivity index (χ0v) is 15.3.